The number of piperidine rings is 1. The summed E-state index contributed by atoms with van der Waals surface area (Å²) in [6, 6.07) is 16.3. The number of esters is 1. The van der Waals surface area contributed by atoms with Gasteiger partial charge in [-0.05, 0) is 103 Å². The highest BCUT2D eigenvalue weighted by atomic mass is 19.4. The van der Waals surface area contributed by atoms with Crippen LogP contribution in [0.5, 0.6) is 0 Å². The van der Waals surface area contributed by atoms with E-state index in [2.05, 4.69) is 4.90 Å². The van der Waals surface area contributed by atoms with Gasteiger partial charge in [0.2, 0.25) is 0 Å². The van der Waals surface area contributed by atoms with Crippen LogP contribution in [-0.2, 0) is 21.9 Å². The summed E-state index contributed by atoms with van der Waals surface area (Å²) in [5.41, 5.74) is 2.49. The van der Waals surface area contributed by atoms with Gasteiger partial charge < -0.3 is 4.74 Å². The van der Waals surface area contributed by atoms with Crippen LogP contribution in [-0.4, -0.2) is 30.6 Å². The third-order valence-electron chi connectivity index (χ3n) is 8.58. The van der Waals surface area contributed by atoms with Gasteiger partial charge in [0.25, 0.3) is 0 Å². The van der Waals surface area contributed by atoms with Gasteiger partial charge in [-0.3, -0.25) is 9.69 Å². The number of carbonyl (C=O) groups excluding carboxylic acids is 1. The molecule has 0 aromatic heterocycles. The molecule has 1 aliphatic heterocycles. The van der Waals surface area contributed by atoms with E-state index in [0.717, 1.165) is 65.9 Å². The number of likely N-dealkylation sites (tertiary alicyclic amines) is 1. The molecule has 45 heavy (non-hydrogen) atoms. The zero-order chi connectivity index (χ0) is 32.9. The molecule has 2 unspecified atom stereocenters. The zero-order valence-corrected chi connectivity index (χ0v) is 26.1. The molecule has 1 fully saturated rings. The Morgan fingerprint density at radius 1 is 0.844 bits per heavy atom. The summed E-state index contributed by atoms with van der Waals surface area (Å²) in [7, 11) is 0. The fraction of sp³-hybridized carbons (Fsp3) is 0.472. The summed E-state index contributed by atoms with van der Waals surface area (Å²) in [5.74, 6) is -0.622. The maximum absolute atomic E-state index is 13.3. The van der Waals surface area contributed by atoms with Crippen molar-refractivity contribution in [1.29, 1.82) is 0 Å². The van der Waals surface area contributed by atoms with Crippen molar-refractivity contribution < 1.29 is 35.9 Å². The second kappa shape index (κ2) is 14.4. The zero-order valence-electron chi connectivity index (χ0n) is 26.1. The molecule has 0 spiro atoms. The molecule has 3 nitrogen and oxygen atoms in total. The summed E-state index contributed by atoms with van der Waals surface area (Å²) in [5, 5.41) is 0. The average molecular weight is 634 g/mol. The first-order valence-electron chi connectivity index (χ1n) is 15.6. The Morgan fingerprint density at radius 2 is 1.44 bits per heavy atom. The highest BCUT2D eigenvalue weighted by Crippen LogP contribution is 2.39. The fourth-order valence-corrected chi connectivity index (χ4v) is 6.37. The molecule has 3 atom stereocenters. The number of carbonyl (C=O) groups is 1. The quantitative estimate of drug-likeness (QED) is 0.164. The maximum atomic E-state index is 13.3. The molecule has 0 aliphatic carbocycles. The largest absolute Gasteiger partial charge is 0.466 e. The molecular weight excluding hydrogens is 592 g/mol. The number of hydrogen-bond acceptors (Lipinski definition) is 3. The second-order valence-corrected chi connectivity index (χ2v) is 12.3. The molecule has 0 radical (unpaired) electrons. The van der Waals surface area contributed by atoms with Crippen LogP contribution in [0.2, 0.25) is 0 Å². The Hall–Kier alpha value is -3.33. The molecule has 1 aliphatic rings. The molecule has 244 valence electrons. The first kappa shape index (κ1) is 34.5. The predicted octanol–water partition coefficient (Wildman–Crippen LogP) is 10.4. The number of alkyl halides is 6. The molecule has 3 aromatic carbocycles. The normalized spacial score (nSPS) is 17.7. The molecule has 0 bridgehead atoms. The molecule has 0 N–H and O–H groups in total. The minimum absolute atomic E-state index is 0.0530. The van der Waals surface area contributed by atoms with Crippen molar-refractivity contribution in [2.24, 2.45) is 5.92 Å². The van der Waals surface area contributed by atoms with E-state index in [1.807, 2.05) is 39.0 Å². The summed E-state index contributed by atoms with van der Waals surface area (Å²) >= 11 is 0. The van der Waals surface area contributed by atoms with E-state index in [0.29, 0.717) is 24.9 Å². The van der Waals surface area contributed by atoms with Crippen molar-refractivity contribution in [2.45, 2.75) is 83.6 Å². The Morgan fingerprint density at radius 3 is 1.98 bits per heavy atom. The smallest absolute Gasteiger partial charge is 0.416 e. The van der Waals surface area contributed by atoms with Crippen molar-refractivity contribution in [2.75, 3.05) is 19.7 Å². The third-order valence-corrected chi connectivity index (χ3v) is 8.58. The molecule has 4 rings (SSSR count). The van der Waals surface area contributed by atoms with Crippen LogP contribution >= 0.6 is 0 Å². The summed E-state index contributed by atoms with van der Waals surface area (Å²) in [6.07, 6.45) is -5.85. The first-order chi connectivity index (χ1) is 21.2. The van der Waals surface area contributed by atoms with E-state index in [1.54, 1.807) is 19.1 Å². The Bertz CT molecular complexity index is 1410. The van der Waals surface area contributed by atoms with E-state index in [4.69, 9.17) is 4.74 Å². The van der Waals surface area contributed by atoms with Gasteiger partial charge in [0.15, 0.2) is 0 Å². The maximum Gasteiger partial charge on any atom is 0.416 e. The van der Waals surface area contributed by atoms with Crippen LogP contribution in [0, 0.1) is 5.92 Å². The lowest BCUT2D eigenvalue weighted by atomic mass is 9.82. The topological polar surface area (TPSA) is 29.5 Å². The van der Waals surface area contributed by atoms with Gasteiger partial charge >= 0.3 is 18.3 Å². The molecular formula is C36H41F6NO2. The number of hydrogen-bond donors (Lipinski definition) is 0. The van der Waals surface area contributed by atoms with Gasteiger partial charge in [0.05, 0.1) is 23.7 Å². The average Bonchev–Trinajstić information content (AvgIpc) is 2.99. The van der Waals surface area contributed by atoms with Gasteiger partial charge in [-0.1, -0.05) is 63.2 Å². The Balaban J connectivity index is 1.72. The lowest BCUT2D eigenvalue weighted by Crippen LogP contribution is -2.37. The number of rotatable bonds is 10. The van der Waals surface area contributed by atoms with E-state index < -0.39 is 29.4 Å². The third kappa shape index (κ3) is 8.69. The van der Waals surface area contributed by atoms with Crippen LogP contribution in [0.4, 0.5) is 26.3 Å². The van der Waals surface area contributed by atoms with Crippen molar-refractivity contribution in [1.82, 2.24) is 4.90 Å². The SMILES string of the molecule is CCOC(=O)[C@H](CC(C)C)c1cc(-c2ccc(C(F)(F)F)cc2)cc(C2CCCN(C(CC)c3ccc(C(F)(F)F)cc3)C2)c1. The van der Waals surface area contributed by atoms with Crippen molar-refractivity contribution in [3.8, 4) is 11.1 Å². The summed E-state index contributed by atoms with van der Waals surface area (Å²) in [4.78, 5) is 15.5. The highest BCUT2D eigenvalue weighted by Gasteiger charge is 2.33. The minimum Gasteiger partial charge on any atom is -0.466 e. The number of nitrogens with zero attached hydrogens (tertiary/aromatic N) is 1. The molecule has 3 aromatic rings. The second-order valence-electron chi connectivity index (χ2n) is 12.3. The van der Waals surface area contributed by atoms with Crippen LogP contribution in [0.1, 0.15) is 99.1 Å². The van der Waals surface area contributed by atoms with Crippen LogP contribution in [0.15, 0.2) is 66.7 Å². The van der Waals surface area contributed by atoms with E-state index in [9.17, 15) is 31.1 Å². The number of halogens is 6. The van der Waals surface area contributed by atoms with Crippen LogP contribution in [0.3, 0.4) is 0 Å². The fourth-order valence-electron chi connectivity index (χ4n) is 6.37. The van der Waals surface area contributed by atoms with E-state index in [1.165, 1.54) is 12.1 Å². The Kier molecular flexibility index (Phi) is 11.1. The molecule has 1 heterocycles. The Labute approximate surface area is 261 Å². The monoisotopic (exact) mass is 633 g/mol. The minimum atomic E-state index is -4.45. The summed E-state index contributed by atoms with van der Waals surface area (Å²) in [6.45, 7) is 9.51. The molecule has 0 saturated carbocycles. The standard InChI is InChI=1S/C36H41F6NO2/c1-5-33(25-11-15-31(16-12-25)36(40,41)42)43-17-7-8-26(22-43)28-19-27(24-9-13-30(14-10-24)35(37,38)39)20-29(21-28)32(18-23(3)4)34(44)45-6-2/h9-16,19-21,23,26,32-33H,5-8,17-18,22H2,1-4H3/t26?,32-,33?/m1/s1. The van der Waals surface area contributed by atoms with E-state index in [-0.39, 0.29) is 30.5 Å². The van der Waals surface area contributed by atoms with Crippen LogP contribution < -0.4 is 0 Å². The predicted molar refractivity (Wildman–Crippen MR) is 164 cm³/mol. The van der Waals surface area contributed by atoms with Crippen molar-refractivity contribution >= 4 is 5.97 Å². The highest BCUT2D eigenvalue weighted by molar-refractivity contribution is 5.79. The number of benzene rings is 3. The van der Waals surface area contributed by atoms with Crippen molar-refractivity contribution in [3.63, 3.8) is 0 Å². The summed E-state index contributed by atoms with van der Waals surface area (Å²) < 4.78 is 84.9. The molecule has 1 saturated heterocycles. The van der Waals surface area contributed by atoms with Crippen molar-refractivity contribution in [3.05, 3.63) is 94.5 Å². The van der Waals surface area contributed by atoms with Gasteiger partial charge in [-0.25, -0.2) is 0 Å². The van der Waals surface area contributed by atoms with Gasteiger partial charge in [0, 0.05) is 12.6 Å². The van der Waals surface area contributed by atoms with Gasteiger partial charge in [-0.2, -0.15) is 26.3 Å². The lowest BCUT2D eigenvalue weighted by Gasteiger charge is -2.39. The molecule has 9 heteroatoms. The van der Waals surface area contributed by atoms with Gasteiger partial charge in [-0.15, -0.1) is 0 Å². The first-order valence-corrected chi connectivity index (χ1v) is 15.6. The number of ether oxygens (including phenoxy) is 1. The van der Waals surface area contributed by atoms with E-state index >= 15 is 0 Å². The lowest BCUT2D eigenvalue weighted by molar-refractivity contribution is -0.145. The van der Waals surface area contributed by atoms with Crippen LogP contribution in [0.25, 0.3) is 11.1 Å². The van der Waals surface area contributed by atoms with Gasteiger partial charge in [0.1, 0.15) is 0 Å². The molecule has 0 amide bonds.